The molecule has 0 spiro atoms. The Morgan fingerprint density at radius 2 is 2.00 bits per heavy atom. The van der Waals surface area contributed by atoms with Crippen LogP contribution in [0, 0.1) is 12.8 Å². The molecule has 2 unspecified atom stereocenters. The quantitative estimate of drug-likeness (QED) is 0.931. The van der Waals surface area contributed by atoms with Crippen LogP contribution in [0.1, 0.15) is 31.0 Å². The van der Waals surface area contributed by atoms with Gasteiger partial charge in [0.25, 0.3) is 0 Å². The van der Waals surface area contributed by atoms with Crippen molar-refractivity contribution in [3.63, 3.8) is 0 Å². The van der Waals surface area contributed by atoms with Crippen molar-refractivity contribution in [3.05, 3.63) is 35.4 Å². The number of carbonyl (C=O) groups excluding carboxylic acids is 1. The topological polar surface area (TPSA) is 46.3 Å². The van der Waals surface area contributed by atoms with Crippen molar-refractivity contribution >= 4 is 17.7 Å². The van der Waals surface area contributed by atoms with E-state index < -0.39 is 6.04 Å². The van der Waals surface area contributed by atoms with E-state index in [1.54, 1.807) is 0 Å². The molecule has 1 amide bonds. The predicted octanol–water partition coefficient (Wildman–Crippen LogP) is 2.59. The van der Waals surface area contributed by atoms with E-state index in [-0.39, 0.29) is 5.91 Å². The van der Waals surface area contributed by atoms with Gasteiger partial charge in [-0.3, -0.25) is 4.79 Å². The van der Waals surface area contributed by atoms with E-state index in [2.05, 4.69) is 13.8 Å². The summed E-state index contributed by atoms with van der Waals surface area (Å²) < 4.78 is 0. The number of thioether (sulfide) groups is 1. The predicted molar refractivity (Wildman–Crippen MR) is 85.8 cm³/mol. The number of nitrogens with zero attached hydrogens (tertiary/aromatic N) is 1. The minimum atomic E-state index is -0.536. The molecule has 4 heteroatoms. The van der Waals surface area contributed by atoms with Crippen molar-refractivity contribution in [2.75, 3.05) is 18.8 Å². The minimum Gasteiger partial charge on any atom is -0.339 e. The van der Waals surface area contributed by atoms with Crippen LogP contribution in [-0.4, -0.2) is 34.9 Å². The lowest BCUT2D eigenvalue weighted by atomic mass is 10.0. The molecule has 0 saturated carbocycles. The van der Waals surface area contributed by atoms with E-state index in [1.807, 2.05) is 47.9 Å². The van der Waals surface area contributed by atoms with Gasteiger partial charge in [-0.25, -0.2) is 0 Å². The standard InChI is InChI=1S/C16H24N2OS/c1-11(2)14-10-18(8-9-20-14)16(19)15(17)13-6-4-12(3)5-7-13/h4-7,11,14-15H,8-10,17H2,1-3H3. The second-order valence-electron chi connectivity index (χ2n) is 5.83. The van der Waals surface area contributed by atoms with Gasteiger partial charge in [0, 0.05) is 24.1 Å². The third-order valence-electron chi connectivity index (χ3n) is 3.85. The summed E-state index contributed by atoms with van der Waals surface area (Å²) in [5.41, 5.74) is 8.23. The average Bonchev–Trinajstić information content (AvgIpc) is 2.46. The molecule has 1 heterocycles. The number of benzene rings is 1. The fraction of sp³-hybridized carbons (Fsp3) is 0.562. The largest absolute Gasteiger partial charge is 0.339 e. The first kappa shape index (κ1) is 15.4. The fourth-order valence-corrected chi connectivity index (χ4v) is 3.69. The number of aryl methyl sites for hydroxylation is 1. The molecule has 1 aliphatic heterocycles. The zero-order chi connectivity index (χ0) is 14.7. The molecule has 110 valence electrons. The lowest BCUT2D eigenvalue weighted by Crippen LogP contribution is -2.47. The van der Waals surface area contributed by atoms with Crippen molar-refractivity contribution in [3.8, 4) is 0 Å². The zero-order valence-corrected chi connectivity index (χ0v) is 13.3. The van der Waals surface area contributed by atoms with E-state index in [4.69, 9.17) is 5.73 Å². The summed E-state index contributed by atoms with van der Waals surface area (Å²) in [6.45, 7) is 8.09. The minimum absolute atomic E-state index is 0.0554. The van der Waals surface area contributed by atoms with Gasteiger partial charge < -0.3 is 10.6 Å². The van der Waals surface area contributed by atoms with Crippen LogP contribution in [0.3, 0.4) is 0 Å². The molecule has 1 fully saturated rings. The van der Waals surface area contributed by atoms with Gasteiger partial charge in [-0.2, -0.15) is 11.8 Å². The van der Waals surface area contributed by atoms with Gasteiger partial charge in [0.15, 0.2) is 0 Å². The maximum atomic E-state index is 12.5. The van der Waals surface area contributed by atoms with Crippen molar-refractivity contribution in [1.29, 1.82) is 0 Å². The van der Waals surface area contributed by atoms with Crippen molar-refractivity contribution in [2.45, 2.75) is 32.1 Å². The van der Waals surface area contributed by atoms with Gasteiger partial charge in [-0.1, -0.05) is 43.7 Å². The molecule has 3 nitrogen and oxygen atoms in total. The van der Waals surface area contributed by atoms with Gasteiger partial charge in [-0.05, 0) is 18.4 Å². The summed E-state index contributed by atoms with van der Waals surface area (Å²) in [6, 6.07) is 7.38. The Kier molecular flexibility index (Phi) is 5.11. The summed E-state index contributed by atoms with van der Waals surface area (Å²) in [4.78, 5) is 14.5. The van der Waals surface area contributed by atoms with Crippen LogP contribution in [0.4, 0.5) is 0 Å². The smallest absolute Gasteiger partial charge is 0.244 e. The van der Waals surface area contributed by atoms with Gasteiger partial charge >= 0.3 is 0 Å². The fourth-order valence-electron chi connectivity index (χ4n) is 2.39. The van der Waals surface area contributed by atoms with Crippen LogP contribution in [0.5, 0.6) is 0 Å². The average molecular weight is 292 g/mol. The molecule has 1 aromatic carbocycles. The van der Waals surface area contributed by atoms with Crippen LogP contribution in [0.2, 0.25) is 0 Å². The lowest BCUT2D eigenvalue weighted by molar-refractivity contribution is -0.132. The summed E-state index contributed by atoms with van der Waals surface area (Å²) >= 11 is 1.97. The van der Waals surface area contributed by atoms with E-state index in [0.29, 0.717) is 11.2 Å². The Balaban J connectivity index is 2.04. The second kappa shape index (κ2) is 6.64. The summed E-state index contributed by atoms with van der Waals surface area (Å²) in [5, 5.41) is 0.526. The third-order valence-corrected chi connectivity index (χ3v) is 5.39. The molecule has 1 saturated heterocycles. The highest BCUT2D eigenvalue weighted by Crippen LogP contribution is 2.26. The van der Waals surface area contributed by atoms with Gasteiger partial charge in [-0.15, -0.1) is 0 Å². The zero-order valence-electron chi connectivity index (χ0n) is 12.5. The SMILES string of the molecule is Cc1ccc(C(N)C(=O)N2CCSC(C(C)C)C2)cc1. The third kappa shape index (κ3) is 3.55. The second-order valence-corrected chi connectivity index (χ2v) is 7.17. The molecule has 0 bridgehead atoms. The van der Waals surface area contributed by atoms with E-state index >= 15 is 0 Å². The number of nitrogens with two attached hydrogens (primary N) is 1. The molecule has 2 atom stereocenters. The highest BCUT2D eigenvalue weighted by atomic mass is 32.2. The molecule has 2 rings (SSSR count). The Morgan fingerprint density at radius 3 is 2.60 bits per heavy atom. The Bertz CT molecular complexity index is 458. The molecule has 0 radical (unpaired) electrons. The van der Waals surface area contributed by atoms with Crippen LogP contribution in [-0.2, 0) is 4.79 Å². The molecule has 20 heavy (non-hydrogen) atoms. The molecule has 2 N–H and O–H groups in total. The number of carbonyl (C=O) groups is 1. The number of amides is 1. The molecule has 1 aliphatic rings. The van der Waals surface area contributed by atoms with E-state index in [1.165, 1.54) is 5.56 Å². The monoisotopic (exact) mass is 292 g/mol. The van der Waals surface area contributed by atoms with Gasteiger partial charge in [0.05, 0.1) is 0 Å². The first-order chi connectivity index (χ1) is 9.49. The van der Waals surface area contributed by atoms with Crippen LogP contribution >= 0.6 is 11.8 Å². The van der Waals surface area contributed by atoms with Gasteiger partial charge in [0.1, 0.15) is 6.04 Å². The lowest BCUT2D eigenvalue weighted by Gasteiger charge is -2.35. The highest BCUT2D eigenvalue weighted by molar-refractivity contribution is 8.00. The normalized spacial score (nSPS) is 21.1. The molecular formula is C16H24N2OS. The molecule has 0 aliphatic carbocycles. The molecular weight excluding hydrogens is 268 g/mol. The Hall–Kier alpha value is -1.00. The summed E-state index contributed by atoms with van der Waals surface area (Å²) in [5.74, 6) is 1.65. The Morgan fingerprint density at radius 1 is 1.35 bits per heavy atom. The maximum Gasteiger partial charge on any atom is 0.244 e. The van der Waals surface area contributed by atoms with Crippen molar-refractivity contribution in [1.82, 2.24) is 4.90 Å². The summed E-state index contributed by atoms with van der Waals surface area (Å²) in [6.07, 6.45) is 0. The van der Waals surface area contributed by atoms with Crippen molar-refractivity contribution in [2.24, 2.45) is 11.7 Å². The molecule has 1 aromatic rings. The van der Waals surface area contributed by atoms with Crippen molar-refractivity contribution < 1.29 is 4.79 Å². The summed E-state index contributed by atoms with van der Waals surface area (Å²) in [7, 11) is 0. The Labute approximate surface area is 125 Å². The van der Waals surface area contributed by atoms with Crippen LogP contribution in [0.25, 0.3) is 0 Å². The molecule has 0 aromatic heterocycles. The number of rotatable bonds is 3. The first-order valence-electron chi connectivity index (χ1n) is 7.21. The number of hydrogen-bond acceptors (Lipinski definition) is 3. The maximum absolute atomic E-state index is 12.5. The van der Waals surface area contributed by atoms with Crippen LogP contribution < -0.4 is 5.73 Å². The van der Waals surface area contributed by atoms with E-state index in [9.17, 15) is 4.79 Å². The highest BCUT2D eigenvalue weighted by Gasteiger charge is 2.29. The van der Waals surface area contributed by atoms with Crippen LogP contribution in [0.15, 0.2) is 24.3 Å². The first-order valence-corrected chi connectivity index (χ1v) is 8.26. The number of hydrogen-bond donors (Lipinski definition) is 1. The van der Waals surface area contributed by atoms with Gasteiger partial charge in [0.2, 0.25) is 5.91 Å². The van der Waals surface area contributed by atoms with E-state index in [0.717, 1.165) is 24.4 Å².